The Kier molecular flexibility index (Phi) is 6.20. The molecular formula is C22H23ClO4S. The SMILES string of the molecule is COC(=O)C1=C[C@@H]([C@](C)(O)c2ccc(Cl)cc2)[C@H](C(O)c2ccc(C)cc2)S1. The lowest BCUT2D eigenvalue weighted by molar-refractivity contribution is -0.135. The average Bonchev–Trinajstić information content (AvgIpc) is 3.14. The second-order valence-corrected chi connectivity index (χ2v) is 8.80. The zero-order valence-electron chi connectivity index (χ0n) is 15.9. The van der Waals surface area contributed by atoms with Gasteiger partial charge in [0.05, 0.1) is 23.7 Å². The average molecular weight is 419 g/mol. The molecule has 148 valence electrons. The number of rotatable bonds is 5. The lowest BCUT2D eigenvalue weighted by Crippen LogP contribution is -2.38. The molecule has 0 bridgehead atoms. The highest BCUT2D eigenvalue weighted by atomic mass is 35.5. The van der Waals surface area contributed by atoms with Gasteiger partial charge in [0.25, 0.3) is 0 Å². The van der Waals surface area contributed by atoms with E-state index in [1.165, 1.54) is 18.9 Å². The van der Waals surface area contributed by atoms with Gasteiger partial charge in [0.1, 0.15) is 0 Å². The first-order valence-corrected chi connectivity index (χ1v) is 10.2. The maximum absolute atomic E-state index is 12.1. The van der Waals surface area contributed by atoms with Gasteiger partial charge in [0.2, 0.25) is 0 Å². The largest absolute Gasteiger partial charge is 0.465 e. The van der Waals surface area contributed by atoms with E-state index in [-0.39, 0.29) is 0 Å². The highest BCUT2D eigenvalue weighted by Gasteiger charge is 2.46. The molecule has 0 radical (unpaired) electrons. The van der Waals surface area contributed by atoms with Crippen LogP contribution in [0.15, 0.2) is 59.5 Å². The van der Waals surface area contributed by atoms with Crippen molar-refractivity contribution in [1.82, 2.24) is 0 Å². The van der Waals surface area contributed by atoms with E-state index in [2.05, 4.69) is 0 Å². The van der Waals surface area contributed by atoms with Crippen LogP contribution in [-0.2, 0) is 15.1 Å². The van der Waals surface area contributed by atoms with Crippen LogP contribution >= 0.6 is 23.4 Å². The highest BCUT2D eigenvalue weighted by molar-refractivity contribution is 8.04. The summed E-state index contributed by atoms with van der Waals surface area (Å²) in [6.07, 6.45) is 0.834. The lowest BCUT2D eigenvalue weighted by atomic mass is 9.78. The third kappa shape index (κ3) is 4.13. The smallest absolute Gasteiger partial charge is 0.344 e. The molecule has 3 rings (SSSR count). The van der Waals surface area contributed by atoms with Gasteiger partial charge >= 0.3 is 5.97 Å². The Balaban J connectivity index is 1.99. The Labute approximate surface area is 174 Å². The van der Waals surface area contributed by atoms with Crippen molar-refractivity contribution in [3.05, 3.63) is 81.2 Å². The Morgan fingerprint density at radius 3 is 2.36 bits per heavy atom. The number of benzene rings is 2. The van der Waals surface area contributed by atoms with Crippen LogP contribution in [-0.4, -0.2) is 28.5 Å². The van der Waals surface area contributed by atoms with Crippen molar-refractivity contribution in [3.8, 4) is 0 Å². The number of hydrogen-bond acceptors (Lipinski definition) is 5. The van der Waals surface area contributed by atoms with Crippen molar-refractivity contribution in [2.45, 2.75) is 30.8 Å². The molecule has 0 saturated heterocycles. The molecule has 4 nitrogen and oxygen atoms in total. The van der Waals surface area contributed by atoms with Gasteiger partial charge in [0.15, 0.2) is 0 Å². The van der Waals surface area contributed by atoms with Crippen molar-refractivity contribution in [2.24, 2.45) is 5.92 Å². The summed E-state index contributed by atoms with van der Waals surface area (Å²) in [5.41, 5.74) is 1.17. The molecule has 2 aromatic carbocycles. The third-order valence-electron chi connectivity index (χ3n) is 5.14. The van der Waals surface area contributed by atoms with Gasteiger partial charge in [-0.15, -0.1) is 11.8 Å². The normalized spacial score (nSPS) is 22.3. The summed E-state index contributed by atoms with van der Waals surface area (Å²) in [6.45, 7) is 3.67. The molecule has 0 amide bonds. The Bertz CT molecular complexity index is 874. The van der Waals surface area contributed by atoms with Gasteiger partial charge in [-0.1, -0.05) is 59.6 Å². The molecule has 4 atom stereocenters. The number of halogens is 1. The zero-order chi connectivity index (χ0) is 20.5. The van der Waals surface area contributed by atoms with E-state index in [9.17, 15) is 15.0 Å². The molecular weight excluding hydrogens is 396 g/mol. The van der Waals surface area contributed by atoms with Crippen molar-refractivity contribution in [1.29, 1.82) is 0 Å². The first-order valence-electron chi connectivity index (χ1n) is 8.94. The number of esters is 1. The summed E-state index contributed by atoms with van der Waals surface area (Å²) < 4.78 is 4.86. The number of aliphatic hydroxyl groups is 2. The van der Waals surface area contributed by atoms with E-state index < -0.39 is 28.8 Å². The molecule has 0 aromatic heterocycles. The molecule has 1 aliphatic rings. The molecule has 1 aliphatic heterocycles. The van der Waals surface area contributed by atoms with Crippen LogP contribution in [0, 0.1) is 12.8 Å². The van der Waals surface area contributed by atoms with Gasteiger partial charge in [0, 0.05) is 16.2 Å². The van der Waals surface area contributed by atoms with E-state index in [1.54, 1.807) is 37.3 Å². The van der Waals surface area contributed by atoms with Crippen LogP contribution in [0.4, 0.5) is 0 Å². The van der Waals surface area contributed by atoms with Gasteiger partial charge in [-0.25, -0.2) is 4.79 Å². The van der Waals surface area contributed by atoms with Crippen LogP contribution in [0.25, 0.3) is 0 Å². The van der Waals surface area contributed by atoms with E-state index in [4.69, 9.17) is 16.3 Å². The first-order chi connectivity index (χ1) is 13.2. The summed E-state index contributed by atoms with van der Waals surface area (Å²) in [5, 5.41) is 22.6. The zero-order valence-corrected chi connectivity index (χ0v) is 17.5. The molecule has 1 heterocycles. The van der Waals surface area contributed by atoms with Crippen LogP contribution in [0.2, 0.25) is 5.02 Å². The number of carbonyl (C=O) groups excluding carboxylic acids is 1. The van der Waals surface area contributed by atoms with Crippen LogP contribution < -0.4 is 0 Å². The number of methoxy groups -OCH3 is 1. The van der Waals surface area contributed by atoms with Crippen molar-refractivity contribution >= 4 is 29.3 Å². The number of carbonyl (C=O) groups is 1. The van der Waals surface area contributed by atoms with Crippen LogP contribution in [0.1, 0.15) is 29.7 Å². The monoisotopic (exact) mass is 418 g/mol. The lowest BCUT2D eigenvalue weighted by Gasteiger charge is -2.35. The molecule has 28 heavy (non-hydrogen) atoms. The molecule has 0 fully saturated rings. The predicted octanol–water partition coefficient (Wildman–Crippen LogP) is 4.38. The summed E-state index contributed by atoms with van der Waals surface area (Å²) in [6, 6.07) is 14.5. The second-order valence-electron chi connectivity index (χ2n) is 7.14. The Hall–Kier alpha value is -1.79. The topological polar surface area (TPSA) is 66.8 Å². The van der Waals surface area contributed by atoms with Crippen molar-refractivity contribution < 1.29 is 19.7 Å². The number of aliphatic hydroxyl groups excluding tert-OH is 1. The minimum atomic E-state index is -1.32. The van der Waals surface area contributed by atoms with Crippen molar-refractivity contribution in [3.63, 3.8) is 0 Å². The molecule has 0 saturated carbocycles. The quantitative estimate of drug-likeness (QED) is 0.705. The molecule has 1 unspecified atom stereocenters. The number of hydrogen-bond donors (Lipinski definition) is 2. The molecule has 2 N–H and O–H groups in total. The van der Waals surface area contributed by atoms with Crippen molar-refractivity contribution in [2.75, 3.05) is 7.11 Å². The minimum absolute atomic E-state index is 0.387. The second kappa shape index (κ2) is 8.29. The summed E-state index contributed by atoms with van der Waals surface area (Å²) >= 11 is 7.21. The Morgan fingerprint density at radius 1 is 1.18 bits per heavy atom. The molecule has 0 aliphatic carbocycles. The summed E-state index contributed by atoms with van der Waals surface area (Å²) in [5.74, 6) is -0.982. The molecule has 6 heteroatoms. The highest BCUT2D eigenvalue weighted by Crippen LogP contribution is 2.50. The number of aryl methyl sites for hydroxylation is 1. The van der Waals surface area contributed by atoms with E-state index in [0.29, 0.717) is 15.5 Å². The Morgan fingerprint density at radius 2 is 1.79 bits per heavy atom. The van der Waals surface area contributed by atoms with Crippen LogP contribution in [0.5, 0.6) is 0 Å². The number of thioether (sulfide) groups is 1. The van der Waals surface area contributed by atoms with E-state index in [0.717, 1.165) is 11.1 Å². The van der Waals surface area contributed by atoms with E-state index in [1.807, 2.05) is 31.2 Å². The summed E-state index contributed by atoms with van der Waals surface area (Å²) in [7, 11) is 1.32. The van der Waals surface area contributed by atoms with Gasteiger partial charge in [-0.2, -0.15) is 0 Å². The fraction of sp³-hybridized carbons (Fsp3) is 0.318. The standard InChI is InChI=1S/C22H23ClO4S/c1-13-4-6-14(7-5-13)19(24)20-17(12-18(28-20)21(25)27-3)22(2,26)15-8-10-16(23)11-9-15/h4-12,17,19-20,24,26H,1-3H3/t17-,19?,20-,22-/m1/s1. The molecule has 2 aromatic rings. The fourth-order valence-electron chi connectivity index (χ4n) is 3.41. The van der Waals surface area contributed by atoms with E-state index >= 15 is 0 Å². The third-order valence-corrected chi connectivity index (χ3v) is 6.77. The number of ether oxygens (including phenoxy) is 1. The molecule has 0 spiro atoms. The van der Waals surface area contributed by atoms with Gasteiger partial charge in [-0.3, -0.25) is 0 Å². The predicted molar refractivity (Wildman–Crippen MR) is 112 cm³/mol. The first kappa shape index (κ1) is 20.9. The maximum atomic E-state index is 12.1. The summed E-state index contributed by atoms with van der Waals surface area (Å²) in [4.78, 5) is 12.5. The minimum Gasteiger partial charge on any atom is -0.465 e. The fourth-order valence-corrected chi connectivity index (χ4v) is 5.01. The van der Waals surface area contributed by atoms with Gasteiger partial charge < -0.3 is 14.9 Å². The maximum Gasteiger partial charge on any atom is 0.344 e. The van der Waals surface area contributed by atoms with Crippen LogP contribution in [0.3, 0.4) is 0 Å². The van der Waals surface area contributed by atoms with Gasteiger partial charge in [-0.05, 0) is 37.1 Å².